The maximum absolute atomic E-state index is 11.9. The number of carbonyl (C=O) groups is 2. The number of carbonyl (C=O) groups excluding carboxylic acids is 1. The van der Waals surface area contributed by atoms with Crippen LogP contribution in [0.3, 0.4) is 0 Å². The quantitative estimate of drug-likeness (QED) is 0.836. The summed E-state index contributed by atoms with van der Waals surface area (Å²) < 4.78 is 0. The van der Waals surface area contributed by atoms with Crippen molar-refractivity contribution in [2.75, 3.05) is 0 Å². The summed E-state index contributed by atoms with van der Waals surface area (Å²) >= 11 is 0. The van der Waals surface area contributed by atoms with Gasteiger partial charge < -0.3 is 10.4 Å². The fraction of sp³-hybridized carbons (Fsp3) is 0.500. The third-order valence-corrected chi connectivity index (χ3v) is 2.45. The summed E-state index contributed by atoms with van der Waals surface area (Å²) in [4.78, 5) is 30.8. The van der Waals surface area contributed by atoms with Crippen LogP contribution in [-0.2, 0) is 4.79 Å². The second kappa shape index (κ2) is 5.57. The van der Waals surface area contributed by atoms with E-state index in [0.717, 1.165) is 0 Å². The predicted molar refractivity (Wildman–Crippen MR) is 65.4 cm³/mol. The Bertz CT molecular complexity index is 472. The molecule has 0 fully saturated rings. The molecule has 1 amide bonds. The maximum Gasteiger partial charge on any atom is 0.325 e. The smallest absolute Gasteiger partial charge is 0.325 e. The molecule has 1 rings (SSSR count). The summed E-state index contributed by atoms with van der Waals surface area (Å²) in [6.07, 6.45) is 1.43. The molecule has 18 heavy (non-hydrogen) atoms. The number of aromatic nitrogens is 2. The lowest BCUT2D eigenvalue weighted by Crippen LogP contribution is -2.39. The van der Waals surface area contributed by atoms with E-state index in [0.29, 0.717) is 17.1 Å². The summed E-state index contributed by atoms with van der Waals surface area (Å²) in [7, 11) is 0. The molecule has 0 spiro atoms. The summed E-state index contributed by atoms with van der Waals surface area (Å²) in [5.74, 6) is -0.898. The van der Waals surface area contributed by atoms with E-state index in [4.69, 9.17) is 5.11 Å². The van der Waals surface area contributed by atoms with Crippen LogP contribution in [0.15, 0.2) is 6.20 Å². The van der Waals surface area contributed by atoms with Gasteiger partial charge in [-0.05, 0) is 19.8 Å². The van der Waals surface area contributed by atoms with Gasteiger partial charge in [0.2, 0.25) is 0 Å². The third-order valence-electron chi connectivity index (χ3n) is 2.45. The molecule has 98 valence electrons. The highest BCUT2D eigenvalue weighted by molar-refractivity contribution is 5.97. The van der Waals surface area contributed by atoms with Crippen LogP contribution in [0, 0.1) is 6.92 Å². The molecule has 1 heterocycles. The number of hydrogen-bond acceptors (Lipinski definition) is 4. The molecule has 0 unspecified atom stereocenters. The Labute approximate surface area is 105 Å². The van der Waals surface area contributed by atoms with Gasteiger partial charge in [0.25, 0.3) is 5.91 Å². The lowest BCUT2D eigenvalue weighted by atomic mass is 10.0. The zero-order valence-electron chi connectivity index (χ0n) is 10.9. The van der Waals surface area contributed by atoms with Crippen LogP contribution in [0.25, 0.3) is 0 Å². The number of carboxylic acids is 1. The summed E-state index contributed by atoms with van der Waals surface area (Å²) in [5.41, 5.74) is 0.946. The molecular formula is C12H17N3O3. The fourth-order valence-corrected chi connectivity index (χ4v) is 1.44. The average Bonchev–Trinajstić information content (AvgIpc) is 2.28. The molecule has 0 saturated heterocycles. The topological polar surface area (TPSA) is 92.2 Å². The van der Waals surface area contributed by atoms with E-state index >= 15 is 0 Å². The number of nitrogens with one attached hydrogen (secondary N) is 1. The lowest BCUT2D eigenvalue weighted by molar-refractivity contribution is -0.138. The minimum absolute atomic E-state index is 0.0626. The Hall–Kier alpha value is -1.98. The Morgan fingerprint density at radius 1 is 1.33 bits per heavy atom. The molecule has 1 atom stereocenters. The highest BCUT2D eigenvalue weighted by Crippen LogP contribution is 2.16. The van der Waals surface area contributed by atoms with Crippen molar-refractivity contribution in [2.24, 2.45) is 0 Å². The van der Waals surface area contributed by atoms with Gasteiger partial charge in [-0.3, -0.25) is 9.59 Å². The van der Waals surface area contributed by atoms with E-state index < -0.39 is 17.9 Å². The first-order valence-corrected chi connectivity index (χ1v) is 5.70. The zero-order chi connectivity index (χ0) is 13.9. The van der Waals surface area contributed by atoms with E-state index in [1.165, 1.54) is 13.1 Å². The van der Waals surface area contributed by atoms with Gasteiger partial charge in [-0.25, -0.2) is 9.97 Å². The Morgan fingerprint density at radius 3 is 2.44 bits per heavy atom. The third kappa shape index (κ3) is 3.26. The first kappa shape index (κ1) is 14.1. The van der Waals surface area contributed by atoms with Crippen molar-refractivity contribution < 1.29 is 14.7 Å². The largest absolute Gasteiger partial charge is 0.480 e. The number of aryl methyl sites for hydroxylation is 1. The molecule has 0 aromatic carbocycles. The molecule has 0 aliphatic carbocycles. The van der Waals surface area contributed by atoms with Gasteiger partial charge in [0.1, 0.15) is 11.9 Å². The van der Waals surface area contributed by atoms with E-state index in [9.17, 15) is 9.59 Å². The Morgan fingerprint density at radius 2 is 1.94 bits per heavy atom. The molecule has 6 heteroatoms. The summed E-state index contributed by atoms with van der Waals surface area (Å²) in [6, 6.07) is -0.946. The molecule has 0 aliphatic rings. The number of carboxylic acid groups (broad SMARTS) is 1. The minimum Gasteiger partial charge on any atom is -0.480 e. The molecule has 0 radical (unpaired) electrons. The second-order valence-corrected chi connectivity index (χ2v) is 4.40. The van der Waals surface area contributed by atoms with Gasteiger partial charge in [0.15, 0.2) is 0 Å². The van der Waals surface area contributed by atoms with Gasteiger partial charge in [-0.2, -0.15) is 0 Å². The van der Waals surface area contributed by atoms with E-state index in [2.05, 4.69) is 15.3 Å². The highest BCUT2D eigenvalue weighted by atomic mass is 16.4. The minimum atomic E-state index is -1.08. The van der Waals surface area contributed by atoms with E-state index in [1.807, 2.05) is 13.8 Å². The molecule has 0 bridgehead atoms. The first-order valence-electron chi connectivity index (χ1n) is 5.70. The van der Waals surface area contributed by atoms with Crippen LogP contribution >= 0.6 is 0 Å². The van der Waals surface area contributed by atoms with Gasteiger partial charge in [0.05, 0.1) is 11.3 Å². The predicted octanol–water partition coefficient (Wildman–Crippen LogP) is 1.11. The summed E-state index contributed by atoms with van der Waals surface area (Å²) in [6.45, 7) is 6.98. The van der Waals surface area contributed by atoms with E-state index in [1.54, 1.807) is 6.92 Å². The number of nitrogens with zero attached hydrogens (tertiary/aromatic N) is 2. The summed E-state index contributed by atoms with van der Waals surface area (Å²) in [5, 5.41) is 11.1. The van der Waals surface area contributed by atoms with Crippen molar-refractivity contribution >= 4 is 11.9 Å². The van der Waals surface area contributed by atoms with Crippen molar-refractivity contribution in [2.45, 2.75) is 39.7 Å². The van der Waals surface area contributed by atoms with Crippen LogP contribution in [0.4, 0.5) is 0 Å². The standard InChI is InChI=1S/C12H17N3O3/c1-6(2)10-9(5-13-8(4)15-10)11(16)14-7(3)12(17)18/h5-7H,1-4H3,(H,14,16)(H,17,18)/t7-/m0/s1. The zero-order valence-corrected chi connectivity index (χ0v) is 10.9. The SMILES string of the molecule is Cc1ncc(C(=O)N[C@@H](C)C(=O)O)c(C(C)C)n1. The number of hydrogen-bond donors (Lipinski definition) is 2. The van der Waals surface area contributed by atoms with E-state index in [-0.39, 0.29) is 5.92 Å². The van der Waals surface area contributed by atoms with Crippen molar-refractivity contribution in [3.63, 3.8) is 0 Å². The van der Waals surface area contributed by atoms with Crippen molar-refractivity contribution in [1.82, 2.24) is 15.3 Å². The van der Waals surface area contributed by atoms with Gasteiger partial charge in [0, 0.05) is 6.20 Å². The van der Waals surface area contributed by atoms with Crippen LogP contribution in [0.5, 0.6) is 0 Å². The lowest BCUT2D eigenvalue weighted by Gasteiger charge is -2.13. The maximum atomic E-state index is 11.9. The van der Waals surface area contributed by atoms with Crippen LogP contribution in [-0.4, -0.2) is 33.0 Å². The molecule has 1 aromatic rings. The van der Waals surface area contributed by atoms with Gasteiger partial charge >= 0.3 is 5.97 Å². The monoisotopic (exact) mass is 251 g/mol. The fourth-order valence-electron chi connectivity index (χ4n) is 1.44. The number of rotatable bonds is 4. The highest BCUT2D eigenvalue weighted by Gasteiger charge is 2.20. The van der Waals surface area contributed by atoms with Crippen molar-refractivity contribution in [1.29, 1.82) is 0 Å². The molecule has 6 nitrogen and oxygen atoms in total. The second-order valence-electron chi connectivity index (χ2n) is 4.40. The molecule has 1 aromatic heterocycles. The van der Waals surface area contributed by atoms with Gasteiger partial charge in [-0.15, -0.1) is 0 Å². The van der Waals surface area contributed by atoms with Crippen LogP contribution < -0.4 is 5.32 Å². The van der Waals surface area contributed by atoms with Crippen molar-refractivity contribution in [3.8, 4) is 0 Å². The van der Waals surface area contributed by atoms with Gasteiger partial charge in [-0.1, -0.05) is 13.8 Å². The van der Waals surface area contributed by atoms with Crippen molar-refractivity contribution in [3.05, 3.63) is 23.3 Å². The first-order chi connectivity index (χ1) is 8.32. The molecular weight excluding hydrogens is 234 g/mol. The van der Waals surface area contributed by atoms with Crippen LogP contribution in [0.1, 0.15) is 48.6 Å². The molecule has 0 aliphatic heterocycles. The Balaban J connectivity index is 3.02. The average molecular weight is 251 g/mol. The number of aliphatic carboxylic acids is 1. The molecule has 2 N–H and O–H groups in total. The molecule has 0 saturated carbocycles. The Kier molecular flexibility index (Phi) is 4.36. The normalized spacial score (nSPS) is 12.3. The van der Waals surface area contributed by atoms with Crippen LogP contribution in [0.2, 0.25) is 0 Å². The number of amides is 1.